The molecule has 5 nitrogen and oxygen atoms in total. The van der Waals surface area contributed by atoms with Gasteiger partial charge in [0.15, 0.2) is 0 Å². The van der Waals surface area contributed by atoms with Gasteiger partial charge in [0.1, 0.15) is 11.5 Å². The monoisotopic (exact) mass is 303 g/mol. The predicted molar refractivity (Wildman–Crippen MR) is 86.1 cm³/mol. The van der Waals surface area contributed by atoms with Crippen LogP contribution in [0, 0.1) is 11.3 Å². The Labute approximate surface area is 133 Å². The zero-order chi connectivity index (χ0) is 15.9. The number of piperazine rings is 1. The van der Waals surface area contributed by atoms with Crippen molar-refractivity contribution < 1.29 is 9.47 Å². The molecule has 1 saturated heterocycles. The van der Waals surface area contributed by atoms with Crippen LogP contribution in [0.1, 0.15) is 18.9 Å². The second-order valence-electron chi connectivity index (χ2n) is 5.70. The third-order valence-electron chi connectivity index (χ3n) is 4.30. The van der Waals surface area contributed by atoms with Gasteiger partial charge >= 0.3 is 0 Å². The fourth-order valence-electron chi connectivity index (χ4n) is 2.87. The first-order chi connectivity index (χ1) is 10.7. The van der Waals surface area contributed by atoms with E-state index in [-0.39, 0.29) is 0 Å². The zero-order valence-electron chi connectivity index (χ0n) is 13.7. The van der Waals surface area contributed by atoms with E-state index in [1.165, 1.54) is 0 Å². The summed E-state index contributed by atoms with van der Waals surface area (Å²) in [5.41, 5.74) is 1.15. The second kappa shape index (κ2) is 8.02. The number of benzene rings is 1. The summed E-state index contributed by atoms with van der Waals surface area (Å²) in [7, 11) is 3.38. The minimum Gasteiger partial charge on any atom is -0.497 e. The van der Waals surface area contributed by atoms with Gasteiger partial charge in [0.25, 0.3) is 0 Å². The topological polar surface area (TPSA) is 48.7 Å². The number of ether oxygens (including phenoxy) is 2. The molecule has 22 heavy (non-hydrogen) atoms. The van der Waals surface area contributed by atoms with Crippen LogP contribution in [0.4, 0.5) is 0 Å². The van der Waals surface area contributed by atoms with Crippen LogP contribution < -0.4 is 9.47 Å². The number of nitriles is 1. The molecule has 0 spiro atoms. The van der Waals surface area contributed by atoms with E-state index in [9.17, 15) is 0 Å². The fourth-order valence-corrected chi connectivity index (χ4v) is 2.87. The Morgan fingerprint density at radius 2 is 1.91 bits per heavy atom. The summed E-state index contributed by atoms with van der Waals surface area (Å²) < 4.78 is 10.8. The highest BCUT2D eigenvalue weighted by atomic mass is 16.5. The molecule has 0 saturated carbocycles. The van der Waals surface area contributed by atoms with Crippen molar-refractivity contribution in [2.75, 3.05) is 40.4 Å². The molecule has 1 aliphatic rings. The molecular weight excluding hydrogens is 278 g/mol. The Bertz CT molecular complexity index is 519. The number of hydrogen-bond donors (Lipinski definition) is 0. The molecule has 120 valence electrons. The Morgan fingerprint density at radius 3 is 2.50 bits per heavy atom. The molecule has 0 amide bonds. The van der Waals surface area contributed by atoms with Crippen molar-refractivity contribution in [3.63, 3.8) is 0 Å². The van der Waals surface area contributed by atoms with E-state index < -0.39 is 0 Å². The lowest BCUT2D eigenvalue weighted by molar-refractivity contribution is 0.0986. The number of methoxy groups -OCH3 is 2. The van der Waals surface area contributed by atoms with Crippen molar-refractivity contribution in [3.8, 4) is 17.6 Å². The Balaban J connectivity index is 1.94. The van der Waals surface area contributed by atoms with Gasteiger partial charge in [0, 0.05) is 44.3 Å². The van der Waals surface area contributed by atoms with Crippen LogP contribution in [-0.2, 0) is 6.54 Å². The maximum Gasteiger partial charge on any atom is 0.123 e. The molecule has 1 unspecified atom stereocenters. The highest BCUT2D eigenvalue weighted by Crippen LogP contribution is 2.25. The Hall–Kier alpha value is -1.77. The van der Waals surface area contributed by atoms with Gasteiger partial charge in [-0.3, -0.25) is 9.80 Å². The van der Waals surface area contributed by atoms with Crippen LogP contribution in [0.15, 0.2) is 18.2 Å². The van der Waals surface area contributed by atoms with E-state index in [0.717, 1.165) is 49.8 Å². The van der Waals surface area contributed by atoms with Crippen LogP contribution in [-0.4, -0.2) is 56.2 Å². The van der Waals surface area contributed by atoms with Crippen molar-refractivity contribution >= 4 is 0 Å². The molecule has 1 fully saturated rings. The molecule has 0 aliphatic carbocycles. The van der Waals surface area contributed by atoms with E-state index in [2.05, 4.69) is 22.8 Å². The largest absolute Gasteiger partial charge is 0.497 e. The maximum atomic E-state index is 8.81. The molecule has 1 atom stereocenters. The summed E-state index contributed by atoms with van der Waals surface area (Å²) in [5.74, 6) is 1.76. The molecule has 2 rings (SSSR count). The van der Waals surface area contributed by atoms with E-state index in [1.54, 1.807) is 14.2 Å². The van der Waals surface area contributed by atoms with Crippen molar-refractivity contribution in [1.82, 2.24) is 9.80 Å². The fraction of sp³-hybridized carbons (Fsp3) is 0.588. The standard InChI is InChI=1S/C17H25N3O2/c1-14(6-7-18)20-10-8-19(9-11-20)13-15-12-16(21-2)4-5-17(15)22-3/h4-5,12,14H,6,8-11,13H2,1-3H3. The van der Waals surface area contributed by atoms with Gasteiger partial charge in [0.05, 0.1) is 26.7 Å². The van der Waals surface area contributed by atoms with Gasteiger partial charge in [-0.2, -0.15) is 5.26 Å². The normalized spacial score (nSPS) is 17.7. The summed E-state index contributed by atoms with van der Waals surface area (Å²) >= 11 is 0. The van der Waals surface area contributed by atoms with Crippen LogP contribution >= 0.6 is 0 Å². The lowest BCUT2D eigenvalue weighted by Crippen LogP contribution is -2.49. The van der Waals surface area contributed by atoms with Gasteiger partial charge in [-0.15, -0.1) is 0 Å². The van der Waals surface area contributed by atoms with E-state index >= 15 is 0 Å². The molecular formula is C17H25N3O2. The van der Waals surface area contributed by atoms with Crippen molar-refractivity contribution in [1.29, 1.82) is 5.26 Å². The van der Waals surface area contributed by atoms with Crippen LogP contribution in [0.5, 0.6) is 11.5 Å². The molecule has 1 heterocycles. The first kappa shape index (κ1) is 16.6. The smallest absolute Gasteiger partial charge is 0.123 e. The molecule has 1 aromatic rings. The second-order valence-corrected chi connectivity index (χ2v) is 5.70. The molecule has 1 aliphatic heterocycles. The summed E-state index contributed by atoms with van der Waals surface area (Å²) in [6.07, 6.45) is 0.601. The van der Waals surface area contributed by atoms with Crippen molar-refractivity contribution in [2.45, 2.75) is 25.9 Å². The predicted octanol–water partition coefficient (Wildman–Crippen LogP) is 2.12. The minimum absolute atomic E-state index is 0.346. The Morgan fingerprint density at radius 1 is 1.18 bits per heavy atom. The summed E-state index contributed by atoms with van der Waals surface area (Å²) in [6.45, 7) is 7.03. The minimum atomic E-state index is 0.346. The Kier molecular flexibility index (Phi) is 6.05. The lowest BCUT2D eigenvalue weighted by atomic mass is 10.1. The molecule has 5 heteroatoms. The third kappa shape index (κ3) is 4.12. The molecule has 0 radical (unpaired) electrons. The van der Waals surface area contributed by atoms with Crippen molar-refractivity contribution in [2.24, 2.45) is 0 Å². The van der Waals surface area contributed by atoms with Gasteiger partial charge in [0.2, 0.25) is 0 Å². The number of nitrogens with zero attached hydrogens (tertiary/aromatic N) is 3. The van der Waals surface area contributed by atoms with E-state index in [0.29, 0.717) is 12.5 Å². The molecule has 0 N–H and O–H groups in total. The average molecular weight is 303 g/mol. The summed E-state index contributed by atoms with van der Waals surface area (Å²) in [6, 6.07) is 8.53. The summed E-state index contributed by atoms with van der Waals surface area (Å²) in [4.78, 5) is 4.81. The zero-order valence-corrected chi connectivity index (χ0v) is 13.7. The number of rotatable bonds is 6. The quantitative estimate of drug-likeness (QED) is 0.805. The average Bonchev–Trinajstić information content (AvgIpc) is 2.55. The van der Waals surface area contributed by atoms with Gasteiger partial charge in [-0.25, -0.2) is 0 Å². The molecule has 0 aromatic heterocycles. The van der Waals surface area contributed by atoms with Crippen molar-refractivity contribution in [3.05, 3.63) is 23.8 Å². The first-order valence-corrected chi connectivity index (χ1v) is 7.72. The first-order valence-electron chi connectivity index (χ1n) is 7.72. The van der Waals surface area contributed by atoms with Crippen LogP contribution in [0.3, 0.4) is 0 Å². The lowest BCUT2D eigenvalue weighted by Gasteiger charge is -2.37. The SMILES string of the molecule is COc1ccc(OC)c(CN2CCN(C(C)CC#N)CC2)c1. The summed E-state index contributed by atoms with van der Waals surface area (Å²) in [5, 5.41) is 8.81. The number of hydrogen-bond acceptors (Lipinski definition) is 5. The highest BCUT2D eigenvalue weighted by Gasteiger charge is 2.21. The van der Waals surface area contributed by atoms with E-state index in [1.807, 2.05) is 18.2 Å². The highest BCUT2D eigenvalue weighted by molar-refractivity contribution is 5.40. The van der Waals surface area contributed by atoms with E-state index in [4.69, 9.17) is 14.7 Å². The molecule has 1 aromatic carbocycles. The maximum absolute atomic E-state index is 8.81. The van der Waals surface area contributed by atoms with Gasteiger partial charge in [-0.1, -0.05) is 0 Å². The molecule has 0 bridgehead atoms. The third-order valence-corrected chi connectivity index (χ3v) is 4.30. The van der Waals surface area contributed by atoms with Gasteiger partial charge < -0.3 is 9.47 Å². The van der Waals surface area contributed by atoms with Gasteiger partial charge in [-0.05, 0) is 25.1 Å². The van der Waals surface area contributed by atoms with Crippen LogP contribution in [0.2, 0.25) is 0 Å². The van der Waals surface area contributed by atoms with Crippen LogP contribution in [0.25, 0.3) is 0 Å².